The van der Waals surface area contributed by atoms with Gasteiger partial charge in [-0.1, -0.05) is 26.0 Å². The number of sulfone groups is 1. The summed E-state index contributed by atoms with van der Waals surface area (Å²) in [6.07, 6.45) is 2.73. The fourth-order valence-corrected chi connectivity index (χ4v) is 4.95. The number of halogens is 1. The Labute approximate surface area is 214 Å². The van der Waals surface area contributed by atoms with E-state index in [1.54, 1.807) is 12.3 Å². The SMILES string of the molecule is CC(C)[C@H]1O[C@@H](c2ccncc2NC(=O)c2ccc(F)c(-c3ccc(S(C)(=O)=O)cc3)n2)C[C@@H](N)[C@@H]1O. The molecule has 4 atom stereocenters. The molecule has 37 heavy (non-hydrogen) atoms. The molecule has 1 aromatic carbocycles. The minimum atomic E-state index is -3.41. The Morgan fingerprint density at radius 3 is 2.54 bits per heavy atom. The molecule has 9 nitrogen and oxygen atoms in total. The van der Waals surface area contributed by atoms with Gasteiger partial charge in [0.15, 0.2) is 9.84 Å². The summed E-state index contributed by atoms with van der Waals surface area (Å²) < 4.78 is 44.2. The molecular weight excluding hydrogens is 499 g/mol. The van der Waals surface area contributed by atoms with E-state index < -0.39 is 45.9 Å². The first-order valence-electron chi connectivity index (χ1n) is 11.8. The Bertz CT molecular complexity index is 1400. The molecule has 0 aliphatic carbocycles. The monoisotopic (exact) mass is 528 g/mol. The number of hydrogen-bond acceptors (Lipinski definition) is 8. The summed E-state index contributed by atoms with van der Waals surface area (Å²) in [7, 11) is -3.41. The van der Waals surface area contributed by atoms with Crippen molar-refractivity contribution in [1.29, 1.82) is 0 Å². The predicted octanol–water partition coefficient (Wildman–Crippen LogP) is 3.11. The summed E-state index contributed by atoms with van der Waals surface area (Å²) in [5, 5.41) is 13.2. The average Bonchev–Trinajstić information content (AvgIpc) is 2.85. The van der Waals surface area contributed by atoms with Gasteiger partial charge in [-0.3, -0.25) is 9.78 Å². The van der Waals surface area contributed by atoms with Crippen LogP contribution in [0.15, 0.2) is 59.8 Å². The third kappa shape index (κ3) is 5.85. The maximum Gasteiger partial charge on any atom is 0.274 e. The zero-order valence-corrected chi connectivity index (χ0v) is 21.4. The number of nitrogens with two attached hydrogens (primary N) is 1. The van der Waals surface area contributed by atoms with Crippen molar-refractivity contribution in [3.05, 3.63) is 71.9 Å². The Morgan fingerprint density at radius 2 is 1.89 bits per heavy atom. The molecule has 0 spiro atoms. The summed E-state index contributed by atoms with van der Waals surface area (Å²) >= 11 is 0. The van der Waals surface area contributed by atoms with E-state index in [0.29, 0.717) is 23.2 Å². The molecule has 0 saturated carbocycles. The van der Waals surface area contributed by atoms with E-state index >= 15 is 0 Å². The van der Waals surface area contributed by atoms with E-state index in [0.717, 1.165) is 12.3 Å². The first-order valence-corrected chi connectivity index (χ1v) is 13.7. The zero-order chi connectivity index (χ0) is 26.9. The summed E-state index contributed by atoms with van der Waals surface area (Å²) in [6, 6.07) is 9.19. The number of amides is 1. The van der Waals surface area contributed by atoms with Crippen molar-refractivity contribution in [3.8, 4) is 11.3 Å². The first kappa shape index (κ1) is 26.8. The van der Waals surface area contributed by atoms with Crippen LogP contribution in [0.4, 0.5) is 10.1 Å². The van der Waals surface area contributed by atoms with Crippen molar-refractivity contribution >= 4 is 21.4 Å². The molecule has 4 rings (SSSR count). The largest absolute Gasteiger partial charge is 0.389 e. The van der Waals surface area contributed by atoms with Crippen LogP contribution in [0.3, 0.4) is 0 Å². The lowest BCUT2D eigenvalue weighted by Gasteiger charge is -2.40. The summed E-state index contributed by atoms with van der Waals surface area (Å²) in [6.45, 7) is 3.87. The quantitative estimate of drug-likeness (QED) is 0.443. The highest BCUT2D eigenvalue weighted by atomic mass is 32.2. The normalized spacial score (nSPS) is 22.1. The van der Waals surface area contributed by atoms with E-state index in [4.69, 9.17) is 10.5 Å². The number of hydrogen-bond donors (Lipinski definition) is 3. The van der Waals surface area contributed by atoms with E-state index in [9.17, 15) is 22.7 Å². The van der Waals surface area contributed by atoms with Crippen LogP contribution >= 0.6 is 0 Å². The van der Waals surface area contributed by atoms with Gasteiger partial charge < -0.3 is 20.9 Å². The fraction of sp³-hybridized carbons (Fsp3) is 0.346. The lowest BCUT2D eigenvalue weighted by Crippen LogP contribution is -2.51. The number of aliphatic hydroxyl groups is 1. The number of ether oxygens (including phenoxy) is 1. The Hall–Kier alpha value is -3.25. The van der Waals surface area contributed by atoms with E-state index in [1.807, 2.05) is 13.8 Å². The number of nitrogens with one attached hydrogen (secondary N) is 1. The Balaban J connectivity index is 1.59. The minimum Gasteiger partial charge on any atom is -0.389 e. The Kier molecular flexibility index (Phi) is 7.69. The highest BCUT2D eigenvalue weighted by Gasteiger charge is 2.38. The molecule has 11 heteroatoms. The topological polar surface area (TPSA) is 144 Å². The van der Waals surface area contributed by atoms with Crippen LogP contribution in [0, 0.1) is 11.7 Å². The van der Waals surface area contributed by atoms with Crippen molar-refractivity contribution < 1.29 is 27.4 Å². The van der Waals surface area contributed by atoms with Gasteiger partial charge in [0.2, 0.25) is 0 Å². The standard InChI is InChI=1S/C26H29FN4O5S/c1-14(2)25-24(32)19(28)12-22(36-25)17-10-11-29-13-21(17)31-26(33)20-9-8-18(27)23(30-20)15-4-6-16(7-5-15)37(3,34)35/h4-11,13-14,19,22,24-25,32H,12,28H2,1-3H3,(H,31,33)/t19-,22-,24+,25-/m1/s1. The molecule has 196 valence electrons. The third-order valence-corrected chi connectivity index (χ3v) is 7.45. The van der Waals surface area contributed by atoms with Gasteiger partial charge in [0.25, 0.3) is 5.91 Å². The van der Waals surface area contributed by atoms with Crippen LogP contribution in [0.25, 0.3) is 11.3 Å². The molecule has 3 aromatic rings. The molecule has 0 bridgehead atoms. The van der Waals surface area contributed by atoms with Crippen LogP contribution in [-0.4, -0.2) is 53.9 Å². The molecule has 1 amide bonds. The highest BCUT2D eigenvalue weighted by Crippen LogP contribution is 2.36. The number of carbonyl (C=O) groups is 1. The second kappa shape index (κ2) is 10.6. The van der Waals surface area contributed by atoms with Gasteiger partial charge in [0.1, 0.15) is 17.2 Å². The van der Waals surface area contributed by atoms with Gasteiger partial charge in [-0.25, -0.2) is 17.8 Å². The lowest BCUT2D eigenvalue weighted by atomic mass is 9.88. The predicted molar refractivity (Wildman–Crippen MR) is 136 cm³/mol. The van der Waals surface area contributed by atoms with Crippen LogP contribution in [0.2, 0.25) is 0 Å². The van der Waals surface area contributed by atoms with Crippen molar-refractivity contribution in [2.24, 2.45) is 11.7 Å². The van der Waals surface area contributed by atoms with Gasteiger partial charge in [0.05, 0.1) is 35.1 Å². The minimum absolute atomic E-state index is 0.0251. The number of rotatable bonds is 6. The number of carbonyl (C=O) groups excluding carboxylic acids is 1. The Morgan fingerprint density at radius 1 is 1.19 bits per heavy atom. The summed E-state index contributed by atoms with van der Waals surface area (Å²) in [5.74, 6) is -1.23. The van der Waals surface area contributed by atoms with Crippen molar-refractivity contribution in [3.63, 3.8) is 0 Å². The van der Waals surface area contributed by atoms with Crippen molar-refractivity contribution in [1.82, 2.24) is 9.97 Å². The maximum atomic E-state index is 14.6. The van der Waals surface area contributed by atoms with Gasteiger partial charge in [-0.2, -0.15) is 0 Å². The molecule has 2 aromatic heterocycles. The van der Waals surface area contributed by atoms with E-state index in [1.165, 1.54) is 36.5 Å². The lowest BCUT2D eigenvalue weighted by molar-refractivity contribution is -0.145. The third-order valence-electron chi connectivity index (χ3n) is 6.32. The van der Waals surface area contributed by atoms with E-state index in [-0.39, 0.29) is 22.2 Å². The maximum absolute atomic E-state index is 14.6. The van der Waals surface area contributed by atoms with Gasteiger partial charge >= 0.3 is 0 Å². The summed E-state index contributed by atoms with van der Waals surface area (Å²) in [5.41, 5.74) is 7.40. The highest BCUT2D eigenvalue weighted by molar-refractivity contribution is 7.90. The van der Waals surface area contributed by atoms with Crippen LogP contribution in [-0.2, 0) is 14.6 Å². The molecule has 3 heterocycles. The first-order chi connectivity index (χ1) is 17.5. The number of aliphatic hydroxyl groups excluding tert-OH is 1. The average molecular weight is 529 g/mol. The number of pyridine rings is 2. The number of nitrogens with zero attached hydrogens (tertiary/aromatic N) is 2. The van der Waals surface area contributed by atoms with E-state index in [2.05, 4.69) is 15.3 Å². The van der Waals surface area contributed by atoms with Crippen molar-refractivity contribution in [2.45, 2.75) is 49.5 Å². The molecule has 1 saturated heterocycles. The molecule has 0 unspecified atom stereocenters. The zero-order valence-electron chi connectivity index (χ0n) is 20.6. The number of anilines is 1. The number of benzene rings is 1. The molecular formula is C26H29FN4O5S. The molecule has 0 radical (unpaired) electrons. The van der Waals surface area contributed by atoms with Gasteiger partial charge in [-0.15, -0.1) is 0 Å². The molecule has 4 N–H and O–H groups in total. The second-order valence-corrected chi connectivity index (χ2v) is 11.5. The fourth-order valence-electron chi connectivity index (χ4n) is 4.32. The smallest absolute Gasteiger partial charge is 0.274 e. The summed E-state index contributed by atoms with van der Waals surface area (Å²) in [4.78, 5) is 21.5. The number of aromatic nitrogens is 2. The van der Waals surface area contributed by atoms with Crippen LogP contribution < -0.4 is 11.1 Å². The van der Waals surface area contributed by atoms with Gasteiger partial charge in [0, 0.05) is 29.6 Å². The van der Waals surface area contributed by atoms with Crippen molar-refractivity contribution in [2.75, 3.05) is 11.6 Å². The second-order valence-electron chi connectivity index (χ2n) is 9.46. The molecule has 1 aliphatic heterocycles. The van der Waals surface area contributed by atoms with Crippen LogP contribution in [0.5, 0.6) is 0 Å². The van der Waals surface area contributed by atoms with Gasteiger partial charge in [-0.05, 0) is 42.7 Å². The van der Waals surface area contributed by atoms with Crippen LogP contribution in [0.1, 0.15) is 42.4 Å². The molecule has 1 aliphatic rings. The molecule has 1 fully saturated rings.